The lowest BCUT2D eigenvalue weighted by Crippen LogP contribution is -2.39. The minimum absolute atomic E-state index is 0.0911. The molecule has 2 N–H and O–H groups in total. The molecule has 3 aliphatic heterocycles. The third kappa shape index (κ3) is 3.87. The maximum Gasteiger partial charge on any atom is 0.226 e. The number of carbonyl (C=O) groups excluding carboxylic acids is 2. The number of piperidine rings is 2. The highest BCUT2D eigenvalue weighted by atomic mass is 16.2. The molecule has 4 rings (SSSR count). The Balaban J connectivity index is 1.36. The van der Waals surface area contributed by atoms with Crippen molar-refractivity contribution >= 4 is 23.2 Å². The maximum atomic E-state index is 12.5. The van der Waals surface area contributed by atoms with Crippen LogP contribution < -0.4 is 15.5 Å². The summed E-state index contributed by atoms with van der Waals surface area (Å²) in [6, 6.07) is 8.92. The van der Waals surface area contributed by atoms with E-state index in [0.717, 1.165) is 43.6 Å². The molecule has 0 saturated carbocycles. The Kier molecular flexibility index (Phi) is 4.75. The largest absolute Gasteiger partial charge is 0.326 e. The summed E-state index contributed by atoms with van der Waals surface area (Å²) < 4.78 is 0. The third-order valence-corrected chi connectivity index (χ3v) is 5.81. The first-order valence-corrected chi connectivity index (χ1v) is 9.64. The monoisotopic (exact) mass is 341 g/mol. The van der Waals surface area contributed by atoms with E-state index >= 15 is 0 Å². The Hall–Kier alpha value is -1.88. The van der Waals surface area contributed by atoms with Gasteiger partial charge in [0.1, 0.15) is 0 Å². The minimum atomic E-state index is 0.0911. The molecular formula is C20H27N3O2. The number of amides is 2. The molecular weight excluding hydrogens is 314 g/mol. The number of fused-ring (bicyclic) bond motifs is 2. The molecule has 3 heterocycles. The van der Waals surface area contributed by atoms with Gasteiger partial charge in [0.2, 0.25) is 11.8 Å². The van der Waals surface area contributed by atoms with Crippen molar-refractivity contribution in [3.05, 3.63) is 24.3 Å². The minimum Gasteiger partial charge on any atom is -0.326 e. The van der Waals surface area contributed by atoms with Crippen molar-refractivity contribution in [1.29, 1.82) is 0 Å². The van der Waals surface area contributed by atoms with E-state index in [1.54, 1.807) is 0 Å². The van der Waals surface area contributed by atoms with Crippen LogP contribution in [0.1, 0.15) is 51.4 Å². The smallest absolute Gasteiger partial charge is 0.226 e. The summed E-state index contributed by atoms with van der Waals surface area (Å²) in [4.78, 5) is 26.4. The molecule has 2 amide bonds. The van der Waals surface area contributed by atoms with E-state index in [2.05, 4.69) is 10.6 Å². The SMILES string of the molecule is O=C(CC1CC2CCC(C1)N2)Nc1cccc(N2CCCCC2=O)c1. The molecule has 5 heteroatoms. The molecule has 2 bridgehead atoms. The lowest BCUT2D eigenvalue weighted by atomic mass is 9.89. The van der Waals surface area contributed by atoms with Crippen LogP contribution in [0, 0.1) is 5.92 Å². The number of hydrogen-bond donors (Lipinski definition) is 2. The molecule has 134 valence electrons. The first kappa shape index (κ1) is 16.6. The molecule has 3 fully saturated rings. The van der Waals surface area contributed by atoms with E-state index < -0.39 is 0 Å². The van der Waals surface area contributed by atoms with Gasteiger partial charge in [-0.25, -0.2) is 0 Å². The molecule has 1 aromatic carbocycles. The van der Waals surface area contributed by atoms with Crippen LogP contribution >= 0.6 is 0 Å². The molecule has 1 aromatic rings. The average molecular weight is 341 g/mol. The number of nitrogens with zero attached hydrogens (tertiary/aromatic N) is 1. The van der Waals surface area contributed by atoms with Gasteiger partial charge in [-0.2, -0.15) is 0 Å². The van der Waals surface area contributed by atoms with E-state index in [1.807, 2.05) is 29.2 Å². The molecule has 2 atom stereocenters. The molecule has 0 radical (unpaired) electrons. The summed E-state index contributed by atoms with van der Waals surface area (Å²) in [5.41, 5.74) is 1.68. The molecule has 0 aromatic heterocycles. The zero-order chi connectivity index (χ0) is 17.2. The van der Waals surface area contributed by atoms with Crippen molar-refractivity contribution in [2.45, 2.75) is 63.5 Å². The molecule has 25 heavy (non-hydrogen) atoms. The highest BCUT2D eigenvalue weighted by Crippen LogP contribution is 2.33. The van der Waals surface area contributed by atoms with Crippen molar-refractivity contribution in [3.63, 3.8) is 0 Å². The van der Waals surface area contributed by atoms with Crippen LogP contribution in [0.2, 0.25) is 0 Å². The van der Waals surface area contributed by atoms with Gasteiger partial charge in [-0.1, -0.05) is 6.07 Å². The van der Waals surface area contributed by atoms with Crippen molar-refractivity contribution in [1.82, 2.24) is 5.32 Å². The van der Waals surface area contributed by atoms with Crippen LogP contribution in [-0.2, 0) is 9.59 Å². The van der Waals surface area contributed by atoms with Crippen LogP contribution in [-0.4, -0.2) is 30.4 Å². The van der Waals surface area contributed by atoms with Gasteiger partial charge in [0.15, 0.2) is 0 Å². The summed E-state index contributed by atoms with van der Waals surface area (Å²) in [7, 11) is 0. The normalized spacial score (nSPS) is 28.9. The van der Waals surface area contributed by atoms with Crippen LogP contribution in [0.15, 0.2) is 24.3 Å². The van der Waals surface area contributed by atoms with Crippen LogP contribution in [0.3, 0.4) is 0 Å². The van der Waals surface area contributed by atoms with Gasteiger partial charge in [-0.3, -0.25) is 9.59 Å². The summed E-state index contributed by atoms with van der Waals surface area (Å²) in [6.07, 6.45) is 7.99. The number of anilines is 2. The highest BCUT2D eigenvalue weighted by molar-refractivity contribution is 5.96. The predicted octanol–water partition coefficient (Wildman–Crippen LogP) is 3.06. The molecule has 5 nitrogen and oxygen atoms in total. The quantitative estimate of drug-likeness (QED) is 0.885. The lowest BCUT2D eigenvalue weighted by molar-refractivity contribution is -0.119. The Morgan fingerprint density at radius 2 is 2.00 bits per heavy atom. The Morgan fingerprint density at radius 3 is 2.76 bits per heavy atom. The topological polar surface area (TPSA) is 61.4 Å². The molecule has 2 unspecified atom stereocenters. The van der Waals surface area contributed by atoms with Crippen molar-refractivity contribution in [3.8, 4) is 0 Å². The van der Waals surface area contributed by atoms with Gasteiger partial charge in [0, 0.05) is 42.8 Å². The Morgan fingerprint density at radius 1 is 1.20 bits per heavy atom. The lowest BCUT2D eigenvalue weighted by Gasteiger charge is -2.29. The van der Waals surface area contributed by atoms with Gasteiger partial charge in [-0.05, 0) is 62.6 Å². The first-order chi connectivity index (χ1) is 12.2. The van der Waals surface area contributed by atoms with E-state index in [1.165, 1.54) is 12.8 Å². The number of rotatable bonds is 4. The average Bonchev–Trinajstić information content (AvgIpc) is 2.94. The van der Waals surface area contributed by atoms with E-state index in [4.69, 9.17) is 0 Å². The van der Waals surface area contributed by atoms with Crippen molar-refractivity contribution in [2.75, 3.05) is 16.8 Å². The molecule has 0 spiro atoms. The van der Waals surface area contributed by atoms with Gasteiger partial charge >= 0.3 is 0 Å². The summed E-state index contributed by atoms with van der Waals surface area (Å²) in [6.45, 7) is 0.772. The summed E-state index contributed by atoms with van der Waals surface area (Å²) in [5, 5.41) is 6.66. The Labute approximate surface area is 149 Å². The summed E-state index contributed by atoms with van der Waals surface area (Å²) >= 11 is 0. The van der Waals surface area contributed by atoms with Crippen LogP contribution in [0.25, 0.3) is 0 Å². The predicted molar refractivity (Wildman–Crippen MR) is 98.6 cm³/mol. The van der Waals surface area contributed by atoms with E-state index in [-0.39, 0.29) is 11.8 Å². The first-order valence-electron chi connectivity index (χ1n) is 9.64. The fourth-order valence-corrected chi connectivity index (χ4v) is 4.65. The van der Waals surface area contributed by atoms with E-state index in [9.17, 15) is 9.59 Å². The molecule has 3 saturated heterocycles. The zero-order valence-corrected chi connectivity index (χ0v) is 14.7. The molecule has 0 aliphatic carbocycles. The Bertz CT molecular complexity index is 648. The second kappa shape index (κ2) is 7.16. The summed E-state index contributed by atoms with van der Waals surface area (Å²) in [5.74, 6) is 0.763. The van der Waals surface area contributed by atoms with E-state index in [0.29, 0.717) is 30.8 Å². The fraction of sp³-hybridized carbons (Fsp3) is 0.600. The highest BCUT2D eigenvalue weighted by Gasteiger charge is 2.34. The van der Waals surface area contributed by atoms with Gasteiger partial charge < -0.3 is 15.5 Å². The maximum absolute atomic E-state index is 12.5. The van der Waals surface area contributed by atoms with Gasteiger partial charge in [0.05, 0.1) is 0 Å². The number of hydrogen-bond acceptors (Lipinski definition) is 3. The fourth-order valence-electron chi connectivity index (χ4n) is 4.65. The van der Waals surface area contributed by atoms with Crippen LogP contribution in [0.5, 0.6) is 0 Å². The third-order valence-electron chi connectivity index (χ3n) is 5.81. The number of benzene rings is 1. The van der Waals surface area contributed by atoms with Crippen molar-refractivity contribution < 1.29 is 9.59 Å². The number of carbonyl (C=O) groups is 2. The second-order valence-electron chi connectivity index (χ2n) is 7.78. The second-order valence-corrected chi connectivity index (χ2v) is 7.78. The van der Waals surface area contributed by atoms with Crippen molar-refractivity contribution in [2.24, 2.45) is 5.92 Å². The standard InChI is InChI=1S/C20H27N3O2/c24-19(12-14-10-16-7-8-17(11-14)21-16)22-15-4-3-5-18(13-15)23-9-2-1-6-20(23)25/h3-5,13-14,16-17,21H,1-2,6-12H2,(H,22,24). The van der Waals surface area contributed by atoms with Gasteiger partial charge in [-0.15, -0.1) is 0 Å². The number of nitrogens with one attached hydrogen (secondary N) is 2. The molecule has 3 aliphatic rings. The van der Waals surface area contributed by atoms with Crippen LogP contribution in [0.4, 0.5) is 11.4 Å². The zero-order valence-electron chi connectivity index (χ0n) is 14.7. The van der Waals surface area contributed by atoms with Gasteiger partial charge in [0.25, 0.3) is 0 Å².